The highest BCUT2D eigenvalue weighted by molar-refractivity contribution is 6.67. The van der Waals surface area contributed by atoms with Crippen LogP contribution in [0.25, 0.3) is 0 Å². The van der Waals surface area contributed by atoms with Crippen LogP contribution in [0.3, 0.4) is 0 Å². The molecule has 220 valence electrons. The van der Waals surface area contributed by atoms with Gasteiger partial charge in [-0.05, 0) is 74.0 Å². The van der Waals surface area contributed by atoms with Crippen LogP contribution in [0.4, 0.5) is 0 Å². The van der Waals surface area contributed by atoms with Gasteiger partial charge in [-0.1, -0.05) is 73.8 Å². The van der Waals surface area contributed by atoms with Gasteiger partial charge in [0.1, 0.15) is 34.1 Å². The lowest BCUT2D eigenvalue weighted by molar-refractivity contribution is -0.130. The van der Waals surface area contributed by atoms with E-state index in [-0.39, 0.29) is 28.2 Å². The van der Waals surface area contributed by atoms with Crippen molar-refractivity contribution in [2.75, 3.05) is 0 Å². The molecule has 0 bridgehead atoms. The predicted octanol–water partition coefficient (Wildman–Crippen LogP) is 7.33. The summed E-state index contributed by atoms with van der Waals surface area (Å²) in [5, 5.41) is 9.00. The van der Waals surface area contributed by atoms with E-state index in [1.807, 2.05) is 12.1 Å². The van der Waals surface area contributed by atoms with E-state index in [2.05, 4.69) is 13.2 Å². The number of carbonyl (C=O) groups is 4. The predicted molar refractivity (Wildman–Crippen MR) is 163 cm³/mol. The summed E-state index contributed by atoms with van der Waals surface area (Å²) in [6.07, 6.45) is 0. The Labute approximate surface area is 254 Å². The van der Waals surface area contributed by atoms with E-state index in [1.165, 1.54) is 31.2 Å². The standard InChI is InChI=1S/C17H14O4.C13H10O3.C4H5ClO/c1-12(2)16(18)21-15-11-7-6-10-14(15)17(19)20-13-8-4-3-5-9-13;14-12-9-5-4-8-11(12)13(15)16-10-6-2-1-3-7-10;1-3(2)4(5)6/h3-11H,1H2,2H3;1-9,14H;1H2,2H3. The van der Waals surface area contributed by atoms with Gasteiger partial charge in [0.15, 0.2) is 0 Å². The van der Waals surface area contributed by atoms with Crippen molar-refractivity contribution in [2.24, 2.45) is 0 Å². The van der Waals surface area contributed by atoms with Crippen molar-refractivity contribution >= 4 is 34.8 Å². The molecule has 0 unspecified atom stereocenters. The zero-order valence-corrected chi connectivity index (χ0v) is 24.2. The molecule has 1 N–H and O–H groups in total. The minimum atomic E-state index is -0.591. The Morgan fingerprint density at radius 2 is 0.977 bits per heavy atom. The highest BCUT2D eigenvalue weighted by atomic mass is 35.5. The average Bonchev–Trinajstić information content (AvgIpc) is 2.99. The van der Waals surface area contributed by atoms with E-state index < -0.39 is 23.2 Å². The Kier molecular flexibility index (Phi) is 13.6. The molecular weight excluding hydrogens is 572 g/mol. The van der Waals surface area contributed by atoms with Crippen LogP contribution in [-0.4, -0.2) is 28.3 Å². The molecule has 0 radical (unpaired) electrons. The quantitative estimate of drug-likeness (QED) is 0.101. The molecule has 4 aromatic rings. The lowest BCUT2D eigenvalue weighted by atomic mass is 10.2. The number of hydrogen-bond acceptors (Lipinski definition) is 8. The molecule has 8 nitrogen and oxygen atoms in total. The molecule has 0 atom stereocenters. The van der Waals surface area contributed by atoms with Crippen molar-refractivity contribution < 1.29 is 38.5 Å². The van der Waals surface area contributed by atoms with E-state index in [0.29, 0.717) is 17.1 Å². The summed E-state index contributed by atoms with van der Waals surface area (Å²) in [5.74, 6) is -0.806. The van der Waals surface area contributed by atoms with E-state index >= 15 is 0 Å². The first-order valence-electron chi connectivity index (χ1n) is 12.6. The summed E-state index contributed by atoms with van der Waals surface area (Å²) in [4.78, 5) is 45.2. The van der Waals surface area contributed by atoms with Crippen molar-refractivity contribution in [2.45, 2.75) is 13.8 Å². The van der Waals surface area contributed by atoms with Gasteiger partial charge in [0.05, 0.1) is 0 Å². The fourth-order valence-corrected chi connectivity index (χ4v) is 2.86. The second-order valence-corrected chi connectivity index (χ2v) is 8.99. The molecule has 0 fully saturated rings. The third-order valence-corrected chi connectivity index (χ3v) is 5.35. The van der Waals surface area contributed by atoms with Crippen LogP contribution in [-0.2, 0) is 9.59 Å². The second kappa shape index (κ2) is 17.4. The first-order chi connectivity index (χ1) is 20.5. The molecule has 0 amide bonds. The molecule has 0 aliphatic rings. The molecule has 0 spiro atoms. The number of para-hydroxylation sites is 4. The maximum absolute atomic E-state index is 12.2. The third-order valence-electron chi connectivity index (χ3n) is 5.03. The van der Waals surface area contributed by atoms with Crippen LogP contribution >= 0.6 is 11.6 Å². The first-order valence-corrected chi connectivity index (χ1v) is 13.0. The van der Waals surface area contributed by atoms with Gasteiger partial charge in [-0.15, -0.1) is 0 Å². The van der Waals surface area contributed by atoms with Crippen molar-refractivity contribution in [3.05, 3.63) is 145 Å². The molecule has 0 saturated heterocycles. The number of aromatic hydroxyl groups is 1. The molecular formula is C34H29ClO8. The summed E-state index contributed by atoms with van der Waals surface area (Å²) in [6, 6.07) is 30.1. The topological polar surface area (TPSA) is 116 Å². The zero-order chi connectivity index (χ0) is 31.8. The molecule has 0 aromatic heterocycles. The molecule has 9 heteroatoms. The lowest BCUT2D eigenvalue weighted by Gasteiger charge is -2.09. The Balaban J connectivity index is 0.000000259. The van der Waals surface area contributed by atoms with Crippen LogP contribution in [0.2, 0.25) is 0 Å². The van der Waals surface area contributed by atoms with E-state index in [4.69, 9.17) is 25.8 Å². The summed E-state index contributed by atoms with van der Waals surface area (Å²) in [5.41, 5.74) is 0.972. The fraction of sp³-hybridized carbons (Fsp3) is 0.0588. The number of phenolic OH excluding ortho intramolecular Hbond substituents is 1. The fourth-order valence-electron chi connectivity index (χ4n) is 2.86. The molecule has 0 aliphatic carbocycles. The van der Waals surface area contributed by atoms with Crippen LogP contribution in [0.1, 0.15) is 34.6 Å². The van der Waals surface area contributed by atoms with E-state index in [9.17, 15) is 24.3 Å². The summed E-state index contributed by atoms with van der Waals surface area (Å²) in [6.45, 7) is 9.88. The second-order valence-electron chi connectivity index (χ2n) is 8.64. The van der Waals surface area contributed by atoms with Gasteiger partial charge in [-0.25, -0.2) is 14.4 Å². The molecule has 4 rings (SSSR count). The summed E-state index contributed by atoms with van der Waals surface area (Å²) < 4.78 is 15.4. The number of rotatable bonds is 7. The Morgan fingerprint density at radius 1 is 0.581 bits per heavy atom. The van der Waals surface area contributed by atoms with Crippen molar-refractivity contribution in [1.29, 1.82) is 0 Å². The van der Waals surface area contributed by atoms with Gasteiger partial charge < -0.3 is 19.3 Å². The maximum Gasteiger partial charge on any atom is 0.347 e. The monoisotopic (exact) mass is 600 g/mol. The van der Waals surface area contributed by atoms with Crippen molar-refractivity contribution in [1.82, 2.24) is 0 Å². The van der Waals surface area contributed by atoms with Gasteiger partial charge >= 0.3 is 17.9 Å². The Morgan fingerprint density at radius 3 is 1.42 bits per heavy atom. The van der Waals surface area contributed by atoms with Crippen LogP contribution in [0.5, 0.6) is 23.0 Å². The first kappa shape index (κ1) is 33.7. The summed E-state index contributed by atoms with van der Waals surface area (Å²) >= 11 is 4.87. The van der Waals surface area contributed by atoms with Gasteiger partial charge in [-0.3, -0.25) is 4.79 Å². The maximum atomic E-state index is 12.2. The van der Waals surface area contributed by atoms with E-state index in [1.54, 1.807) is 79.7 Å². The number of allylic oxidation sites excluding steroid dienone is 1. The third kappa shape index (κ3) is 11.9. The lowest BCUT2D eigenvalue weighted by Crippen LogP contribution is -2.14. The number of phenols is 1. The highest BCUT2D eigenvalue weighted by Crippen LogP contribution is 2.22. The summed E-state index contributed by atoms with van der Waals surface area (Å²) in [7, 11) is 0. The minimum Gasteiger partial charge on any atom is -0.507 e. The normalized spacial score (nSPS) is 9.47. The molecule has 0 heterocycles. The van der Waals surface area contributed by atoms with Gasteiger partial charge in [-0.2, -0.15) is 0 Å². The Bertz CT molecular complexity index is 1570. The molecule has 0 saturated carbocycles. The smallest absolute Gasteiger partial charge is 0.347 e. The van der Waals surface area contributed by atoms with Gasteiger partial charge in [0.25, 0.3) is 0 Å². The zero-order valence-electron chi connectivity index (χ0n) is 23.5. The van der Waals surface area contributed by atoms with Crippen molar-refractivity contribution in [3.63, 3.8) is 0 Å². The molecule has 43 heavy (non-hydrogen) atoms. The molecule has 4 aromatic carbocycles. The van der Waals surface area contributed by atoms with Gasteiger partial charge in [0, 0.05) is 11.1 Å². The number of hydrogen-bond donors (Lipinski definition) is 1. The van der Waals surface area contributed by atoms with Crippen LogP contribution in [0, 0.1) is 0 Å². The van der Waals surface area contributed by atoms with Gasteiger partial charge in [0.2, 0.25) is 5.24 Å². The minimum absolute atomic E-state index is 0.0802. The number of carbonyl (C=O) groups excluding carboxylic acids is 4. The SMILES string of the molecule is C=C(C)C(=O)Cl.C=C(C)C(=O)Oc1ccccc1C(=O)Oc1ccccc1.O=C(Oc1ccccc1)c1ccccc1O. The number of halogens is 1. The number of benzene rings is 4. The van der Waals surface area contributed by atoms with E-state index in [0.717, 1.165) is 0 Å². The average molecular weight is 601 g/mol. The number of ether oxygens (including phenoxy) is 3. The largest absolute Gasteiger partial charge is 0.507 e. The Hall–Kier alpha value is -5.47. The number of esters is 3. The highest BCUT2D eigenvalue weighted by Gasteiger charge is 2.17. The molecule has 0 aliphatic heterocycles. The van der Waals surface area contributed by atoms with Crippen LogP contribution < -0.4 is 14.2 Å². The van der Waals surface area contributed by atoms with Crippen LogP contribution in [0.15, 0.2) is 133 Å². The van der Waals surface area contributed by atoms with Crippen molar-refractivity contribution in [3.8, 4) is 23.0 Å².